The Labute approximate surface area is 123 Å². The van der Waals surface area contributed by atoms with Crippen molar-refractivity contribution in [2.45, 2.75) is 27.3 Å². The first-order valence-electron chi connectivity index (χ1n) is 6.70. The van der Waals surface area contributed by atoms with Gasteiger partial charge in [0.25, 0.3) is 0 Å². The Kier molecular flexibility index (Phi) is 4.16. The number of rotatable bonds is 4. The monoisotopic (exact) mass is 291 g/mol. The summed E-state index contributed by atoms with van der Waals surface area (Å²) in [5.74, 6) is -0.828. The van der Waals surface area contributed by atoms with Crippen LogP contribution in [0.4, 0.5) is 0 Å². The first-order chi connectivity index (χ1) is 9.28. The molecule has 0 fully saturated rings. The number of aromatic carboxylic acids is 1. The summed E-state index contributed by atoms with van der Waals surface area (Å²) in [4.78, 5) is 14.1. The van der Waals surface area contributed by atoms with E-state index in [0.717, 1.165) is 22.2 Å². The minimum atomic E-state index is -0.828. The zero-order valence-corrected chi connectivity index (χ0v) is 13.3. The first kappa shape index (κ1) is 15.0. The van der Waals surface area contributed by atoms with Crippen LogP contribution in [0.3, 0.4) is 0 Å². The van der Waals surface area contributed by atoms with Crippen molar-refractivity contribution in [3.63, 3.8) is 0 Å². The normalized spacial score (nSPS) is 12.2. The van der Waals surface area contributed by atoms with Crippen LogP contribution in [-0.4, -0.2) is 29.6 Å². The molecular formula is C16H21NO2S. The predicted molar refractivity (Wildman–Crippen MR) is 84.6 cm³/mol. The SMILES string of the molecule is CN(Cc1c(C(=O)O)sc2ccccc12)CC(C)(C)C. The molecule has 4 heteroatoms. The van der Waals surface area contributed by atoms with Gasteiger partial charge in [-0.3, -0.25) is 0 Å². The van der Waals surface area contributed by atoms with Gasteiger partial charge in [-0.2, -0.15) is 0 Å². The molecule has 0 atom stereocenters. The Morgan fingerprint density at radius 3 is 2.55 bits per heavy atom. The summed E-state index contributed by atoms with van der Waals surface area (Å²) in [6.07, 6.45) is 0. The standard InChI is InChI=1S/C16H21NO2S/c1-16(2,3)10-17(4)9-12-11-7-5-6-8-13(11)20-14(12)15(18)19/h5-8H,9-10H2,1-4H3,(H,18,19). The Bertz CT molecular complexity index is 625. The lowest BCUT2D eigenvalue weighted by molar-refractivity contribution is 0.0700. The van der Waals surface area contributed by atoms with E-state index in [1.54, 1.807) is 0 Å². The zero-order chi connectivity index (χ0) is 14.9. The lowest BCUT2D eigenvalue weighted by atomic mass is 9.96. The molecule has 108 valence electrons. The number of carboxylic acid groups (broad SMARTS) is 1. The maximum absolute atomic E-state index is 11.5. The Morgan fingerprint density at radius 2 is 1.95 bits per heavy atom. The average molecular weight is 291 g/mol. The van der Waals surface area contributed by atoms with Crippen molar-refractivity contribution in [3.05, 3.63) is 34.7 Å². The van der Waals surface area contributed by atoms with Crippen molar-refractivity contribution in [1.82, 2.24) is 4.90 Å². The fourth-order valence-corrected chi connectivity index (χ4v) is 3.62. The van der Waals surface area contributed by atoms with Crippen LogP contribution in [0, 0.1) is 5.41 Å². The first-order valence-corrected chi connectivity index (χ1v) is 7.52. The number of carboxylic acids is 1. The topological polar surface area (TPSA) is 40.5 Å². The Morgan fingerprint density at radius 1 is 1.30 bits per heavy atom. The molecule has 3 nitrogen and oxygen atoms in total. The van der Waals surface area contributed by atoms with Crippen LogP contribution in [-0.2, 0) is 6.54 Å². The van der Waals surface area contributed by atoms with Crippen molar-refractivity contribution < 1.29 is 9.90 Å². The van der Waals surface area contributed by atoms with E-state index in [1.807, 2.05) is 31.3 Å². The molecule has 1 aromatic carbocycles. The minimum Gasteiger partial charge on any atom is -0.477 e. The number of hydrogen-bond donors (Lipinski definition) is 1. The van der Waals surface area contributed by atoms with E-state index in [4.69, 9.17) is 0 Å². The summed E-state index contributed by atoms with van der Waals surface area (Å²) in [7, 11) is 2.04. The van der Waals surface area contributed by atoms with Gasteiger partial charge in [-0.15, -0.1) is 11.3 Å². The van der Waals surface area contributed by atoms with Gasteiger partial charge in [0, 0.05) is 17.8 Å². The molecule has 1 heterocycles. The van der Waals surface area contributed by atoms with Crippen molar-refractivity contribution in [3.8, 4) is 0 Å². The van der Waals surface area contributed by atoms with Gasteiger partial charge in [0.1, 0.15) is 4.88 Å². The van der Waals surface area contributed by atoms with E-state index >= 15 is 0 Å². The summed E-state index contributed by atoms with van der Waals surface area (Å²) in [5.41, 5.74) is 1.13. The van der Waals surface area contributed by atoms with Gasteiger partial charge in [-0.25, -0.2) is 4.79 Å². The molecule has 0 saturated carbocycles. The van der Waals surface area contributed by atoms with Gasteiger partial charge < -0.3 is 10.0 Å². The quantitative estimate of drug-likeness (QED) is 0.923. The largest absolute Gasteiger partial charge is 0.477 e. The third-order valence-electron chi connectivity index (χ3n) is 3.06. The van der Waals surface area contributed by atoms with Crippen LogP contribution < -0.4 is 0 Å². The highest BCUT2D eigenvalue weighted by Gasteiger charge is 2.20. The third kappa shape index (κ3) is 3.38. The molecule has 2 rings (SSSR count). The molecule has 0 aliphatic carbocycles. The predicted octanol–water partition coefficient (Wildman–Crippen LogP) is 4.08. The van der Waals surface area contributed by atoms with Crippen LogP contribution in [0.25, 0.3) is 10.1 Å². The molecular weight excluding hydrogens is 270 g/mol. The molecule has 2 aromatic rings. The van der Waals surface area contributed by atoms with E-state index in [1.165, 1.54) is 11.3 Å². The number of carbonyl (C=O) groups is 1. The van der Waals surface area contributed by atoms with E-state index < -0.39 is 5.97 Å². The van der Waals surface area contributed by atoms with Gasteiger partial charge in [-0.1, -0.05) is 39.0 Å². The second-order valence-electron chi connectivity index (χ2n) is 6.44. The van der Waals surface area contributed by atoms with Gasteiger partial charge in [0.05, 0.1) is 0 Å². The smallest absolute Gasteiger partial charge is 0.346 e. The maximum Gasteiger partial charge on any atom is 0.346 e. The van der Waals surface area contributed by atoms with E-state index in [0.29, 0.717) is 11.4 Å². The van der Waals surface area contributed by atoms with Gasteiger partial charge in [0.15, 0.2) is 0 Å². The van der Waals surface area contributed by atoms with Crippen molar-refractivity contribution in [2.24, 2.45) is 5.41 Å². The summed E-state index contributed by atoms with van der Waals surface area (Å²) < 4.78 is 1.05. The number of benzene rings is 1. The fraction of sp³-hybridized carbons (Fsp3) is 0.438. The summed E-state index contributed by atoms with van der Waals surface area (Å²) >= 11 is 1.37. The summed E-state index contributed by atoms with van der Waals surface area (Å²) in [6.45, 7) is 8.16. The number of hydrogen-bond acceptors (Lipinski definition) is 3. The van der Waals surface area contributed by atoms with E-state index in [9.17, 15) is 9.90 Å². The van der Waals surface area contributed by atoms with Gasteiger partial charge in [0.2, 0.25) is 0 Å². The summed E-state index contributed by atoms with van der Waals surface area (Å²) in [5, 5.41) is 10.5. The second kappa shape index (κ2) is 5.54. The molecule has 1 N–H and O–H groups in total. The average Bonchev–Trinajstić information content (AvgIpc) is 2.66. The molecule has 0 spiro atoms. The van der Waals surface area contributed by atoms with Crippen molar-refractivity contribution in [2.75, 3.05) is 13.6 Å². The molecule has 0 aliphatic heterocycles. The highest BCUT2D eigenvalue weighted by Crippen LogP contribution is 2.32. The molecule has 0 bridgehead atoms. The lowest BCUT2D eigenvalue weighted by Crippen LogP contribution is -2.29. The van der Waals surface area contributed by atoms with Crippen LogP contribution >= 0.6 is 11.3 Å². The third-order valence-corrected chi connectivity index (χ3v) is 4.27. The van der Waals surface area contributed by atoms with Gasteiger partial charge >= 0.3 is 5.97 Å². The van der Waals surface area contributed by atoms with Crippen molar-refractivity contribution >= 4 is 27.4 Å². The highest BCUT2D eigenvalue weighted by atomic mass is 32.1. The van der Waals surface area contributed by atoms with Crippen molar-refractivity contribution in [1.29, 1.82) is 0 Å². The Hall–Kier alpha value is -1.39. The molecule has 1 aromatic heterocycles. The van der Waals surface area contributed by atoms with Gasteiger partial charge in [-0.05, 0) is 29.5 Å². The molecule has 0 radical (unpaired) electrons. The van der Waals surface area contributed by atoms with E-state index in [2.05, 4.69) is 25.7 Å². The van der Waals surface area contributed by atoms with Crippen LogP contribution in [0.2, 0.25) is 0 Å². The van der Waals surface area contributed by atoms with Crippen LogP contribution in [0.1, 0.15) is 36.0 Å². The zero-order valence-electron chi connectivity index (χ0n) is 12.4. The molecule has 0 saturated heterocycles. The fourth-order valence-electron chi connectivity index (χ4n) is 2.56. The minimum absolute atomic E-state index is 0.198. The molecule has 0 amide bonds. The maximum atomic E-state index is 11.5. The van der Waals surface area contributed by atoms with Crippen LogP contribution in [0.15, 0.2) is 24.3 Å². The second-order valence-corrected chi connectivity index (χ2v) is 7.50. The lowest BCUT2D eigenvalue weighted by Gasteiger charge is -2.26. The van der Waals surface area contributed by atoms with E-state index in [-0.39, 0.29) is 5.41 Å². The van der Waals surface area contributed by atoms with Crippen LogP contribution in [0.5, 0.6) is 0 Å². The Balaban J connectivity index is 2.37. The molecule has 0 aliphatic rings. The molecule has 0 unspecified atom stereocenters. The number of nitrogens with zero attached hydrogens (tertiary/aromatic N) is 1. The number of fused-ring (bicyclic) bond motifs is 1. The molecule has 20 heavy (non-hydrogen) atoms. The summed E-state index contributed by atoms with van der Waals surface area (Å²) in [6, 6.07) is 7.92. The highest BCUT2D eigenvalue weighted by molar-refractivity contribution is 7.21. The number of thiophene rings is 1.